The first-order valence-electron chi connectivity index (χ1n) is 7.58. The van der Waals surface area contributed by atoms with Gasteiger partial charge in [-0.15, -0.1) is 0 Å². The van der Waals surface area contributed by atoms with Gasteiger partial charge in [-0.25, -0.2) is 9.97 Å². The van der Waals surface area contributed by atoms with E-state index in [1.165, 1.54) is 0 Å². The topological polar surface area (TPSA) is 54.9 Å². The number of amides is 1. The summed E-state index contributed by atoms with van der Waals surface area (Å²) >= 11 is 5.89. The molecule has 0 aromatic carbocycles. The number of nitrogens with one attached hydrogen (secondary N) is 1. The van der Waals surface area contributed by atoms with E-state index in [1.54, 1.807) is 6.07 Å². The Hall–Kier alpha value is -1.16. The van der Waals surface area contributed by atoms with E-state index in [9.17, 15) is 4.79 Å². The van der Waals surface area contributed by atoms with Gasteiger partial charge in [0.25, 0.3) is 0 Å². The lowest BCUT2D eigenvalue weighted by Crippen LogP contribution is -2.31. The summed E-state index contributed by atoms with van der Waals surface area (Å²) < 4.78 is 0. The van der Waals surface area contributed by atoms with Crippen molar-refractivity contribution in [1.29, 1.82) is 0 Å². The van der Waals surface area contributed by atoms with Crippen LogP contribution in [0.3, 0.4) is 0 Å². The van der Waals surface area contributed by atoms with E-state index in [1.807, 2.05) is 6.92 Å². The first-order valence-corrected chi connectivity index (χ1v) is 7.95. The van der Waals surface area contributed by atoms with E-state index in [2.05, 4.69) is 36.1 Å². The fourth-order valence-electron chi connectivity index (χ4n) is 3.02. The second-order valence-corrected chi connectivity index (χ2v) is 7.45. The van der Waals surface area contributed by atoms with Gasteiger partial charge < -0.3 is 0 Å². The van der Waals surface area contributed by atoms with Crippen LogP contribution in [0.5, 0.6) is 0 Å². The zero-order chi connectivity index (χ0) is 15.6. The molecule has 116 valence electrons. The normalized spacial score (nSPS) is 22.9. The highest BCUT2D eigenvalue weighted by molar-refractivity contribution is 6.29. The molecule has 2 rings (SSSR count). The molecule has 1 N–H and O–H groups in total. The van der Waals surface area contributed by atoms with Gasteiger partial charge in [-0.3, -0.25) is 10.1 Å². The van der Waals surface area contributed by atoms with Crippen LogP contribution in [-0.4, -0.2) is 15.9 Å². The highest BCUT2D eigenvalue weighted by atomic mass is 35.5. The van der Waals surface area contributed by atoms with Crippen molar-refractivity contribution in [3.05, 3.63) is 16.9 Å². The van der Waals surface area contributed by atoms with Gasteiger partial charge in [0, 0.05) is 11.6 Å². The van der Waals surface area contributed by atoms with Crippen LogP contribution in [0.2, 0.25) is 5.15 Å². The molecule has 1 amide bonds. The number of hydrogen-bond acceptors (Lipinski definition) is 3. The zero-order valence-electron chi connectivity index (χ0n) is 13.2. The predicted molar refractivity (Wildman–Crippen MR) is 85.3 cm³/mol. The van der Waals surface area contributed by atoms with Gasteiger partial charge in [0.2, 0.25) is 11.9 Å². The van der Waals surface area contributed by atoms with Gasteiger partial charge in [0.15, 0.2) is 0 Å². The Kier molecular flexibility index (Phi) is 4.87. The van der Waals surface area contributed by atoms with Crippen LogP contribution in [0.4, 0.5) is 5.95 Å². The van der Waals surface area contributed by atoms with E-state index in [-0.39, 0.29) is 11.8 Å². The van der Waals surface area contributed by atoms with Crippen LogP contribution in [0.15, 0.2) is 6.07 Å². The Bertz CT molecular complexity index is 496. The van der Waals surface area contributed by atoms with Crippen LogP contribution in [0, 0.1) is 24.2 Å². The van der Waals surface area contributed by atoms with Gasteiger partial charge in [-0.1, -0.05) is 32.4 Å². The van der Waals surface area contributed by atoms with Crippen molar-refractivity contribution in [2.75, 3.05) is 5.32 Å². The van der Waals surface area contributed by atoms with Gasteiger partial charge in [0.05, 0.1) is 0 Å². The maximum atomic E-state index is 12.3. The Morgan fingerprint density at radius 3 is 2.38 bits per heavy atom. The molecule has 1 fully saturated rings. The standard InChI is InChI=1S/C16H24ClN3O/c1-10-9-13(17)19-15(18-10)20-14(21)11-5-7-12(8-6-11)16(2,3)4/h9,11-12H,5-8H2,1-4H3,(H,18,19,20,21). The van der Waals surface area contributed by atoms with Gasteiger partial charge in [0.1, 0.15) is 5.15 Å². The van der Waals surface area contributed by atoms with Gasteiger partial charge in [-0.05, 0) is 50.0 Å². The Labute approximate surface area is 131 Å². The lowest BCUT2D eigenvalue weighted by molar-refractivity contribution is -0.121. The highest BCUT2D eigenvalue weighted by Gasteiger charge is 2.32. The minimum atomic E-state index is 0.0176. The van der Waals surface area contributed by atoms with Crippen molar-refractivity contribution in [3.8, 4) is 0 Å². The van der Waals surface area contributed by atoms with Crippen LogP contribution < -0.4 is 5.32 Å². The Morgan fingerprint density at radius 1 is 1.24 bits per heavy atom. The molecule has 0 bridgehead atoms. The third-order valence-electron chi connectivity index (χ3n) is 4.38. The molecule has 21 heavy (non-hydrogen) atoms. The lowest BCUT2D eigenvalue weighted by atomic mass is 9.70. The average molecular weight is 310 g/mol. The molecule has 1 aliphatic carbocycles. The predicted octanol–water partition coefficient (Wildman–Crippen LogP) is 4.23. The number of nitrogens with zero attached hydrogens (tertiary/aromatic N) is 2. The Morgan fingerprint density at radius 2 is 1.86 bits per heavy atom. The number of aryl methyl sites for hydroxylation is 1. The van der Waals surface area contributed by atoms with E-state index < -0.39 is 0 Å². The molecule has 1 aromatic rings. The molecule has 1 heterocycles. The monoisotopic (exact) mass is 309 g/mol. The summed E-state index contributed by atoms with van der Waals surface area (Å²) in [5, 5.41) is 3.16. The van der Waals surface area contributed by atoms with Gasteiger partial charge >= 0.3 is 0 Å². The third-order valence-corrected chi connectivity index (χ3v) is 4.57. The van der Waals surface area contributed by atoms with E-state index in [4.69, 9.17) is 11.6 Å². The van der Waals surface area contributed by atoms with Crippen molar-refractivity contribution in [2.24, 2.45) is 17.3 Å². The molecule has 0 radical (unpaired) electrons. The summed E-state index contributed by atoms with van der Waals surface area (Å²) in [7, 11) is 0. The highest BCUT2D eigenvalue weighted by Crippen LogP contribution is 2.39. The number of rotatable bonds is 2. The zero-order valence-corrected chi connectivity index (χ0v) is 14.0. The average Bonchev–Trinajstić information content (AvgIpc) is 2.36. The van der Waals surface area contributed by atoms with E-state index in [0.717, 1.165) is 31.4 Å². The second kappa shape index (κ2) is 6.30. The van der Waals surface area contributed by atoms with Crippen LogP contribution >= 0.6 is 11.6 Å². The largest absolute Gasteiger partial charge is 0.294 e. The number of anilines is 1. The summed E-state index contributed by atoms with van der Waals surface area (Å²) in [6.45, 7) is 8.67. The van der Waals surface area contributed by atoms with Crippen molar-refractivity contribution >= 4 is 23.5 Å². The fourth-order valence-corrected chi connectivity index (χ4v) is 3.26. The maximum Gasteiger partial charge on any atom is 0.231 e. The van der Waals surface area contributed by atoms with Crippen molar-refractivity contribution in [2.45, 2.75) is 53.4 Å². The summed E-state index contributed by atoms with van der Waals surface area (Å²) in [4.78, 5) is 20.6. The summed E-state index contributed by atoms with van der Waals surface area (Å²) in [6, 6.07) is 1.67. The Balaban J connectivity index is 1.93. The minimum Gasteiger partial charge on any atom is -0.294 e. The molecular formula is C16H24ClN3O. The molecule has 0 atom stereocenters. The number of aromatic nitrogens is 2. The minimum absolute atomic E-state index is 0.0176. The van der Waals surface area contributed by atoms with E-state index >= 15 is 0 Å². The number of carbonyl (C=O) groups excluding carboxylic acids is 1. The molecule has 4 nitrogen and oxygen atoms in total. The van der Waals surface area contributed by atoms with Crippen molar-refractivity contribution in [1.82, 2.24) is 9.97 Å². The second-order valence-electron chi connectivity index (χ2n) is 7.06. The molecule has 1 saturated carbocycles. The quantitative estimate of drug-likeness (QED) is 0.832. The summed E-state index contributed by atoms with van der Waals surface area (Å²) in [5.41, 5.74) is 1.08. The molecule has 5 heteroatoms. The molecule has 0 unspecified atom stereocenters. The fraction of sp³-hybridized carbons (Fsp3) is 0.688. The van der Waals surface area contributed by atoms with Crippen molar-refractivity contribution in [3.63, 3.8) is 0 Å². The van der Waals surface area contributed by atoms with E-state index in [0.29, 0.717) is 22.4 Å². The molecule has 1 aliphatic rings. The number of halogens is 1. The molecule has 0 aliphatic heterocycles. The third kappa shape index (κ3) is 4.40. The first kappa shape index (κ1) is 16.2. The van der Waals surface area contributed by atoms with Gasteiger partial charge in [-0.2, -0.15) is 0 Å². The number of hydrogen-bond donors (Lipinski definition) is 1. The molecule has 1 aromatic heterocycles. The lowest BCUT2D eigenvalue weighted by Gasteiger charge is -2.36. The van der Waals surface area contributed by atoms with Crippen LogP contribution in [-0.2, 0) is 4.79 Å². The molecule has 0 spiro atoms. The maximum absolute atomic E-state index is 12.3. The summed E-state index contributed by atoms with van der Waals surface area (Å²) in [5.74, 6) is 1.09. The number of carbonyl (C=O) groups is 1. The summed E-state index contributed by atoms with van der Waals surface area (Å²) in [6.07, 6.45) is 4.09. The van der Waals surface area contributed by atoms with Crippen LogP contribution in [0.1, 0.15) is 52.1 Å². The molecule has 0 saturated heterocycles. The molecular weight excluding hydrogens is 286 g/mol. The van der Waals surface area contributed by atoms with Crippen molar-refractivity contribution < 1.29 is 4.79 Å². The van der Waals surface area contributed by atoms with Crippen LogP contribution in [0.25, 0.3) is 0 Å². The first-order chi connectivity index (χ1) is 9.75. The smallest absolute Gasteiger partial charge is 0.231 e. The SMILES string of the molecule is Cc1cc(Cl)nc(NC(=O)C2CCC(C(C)(C)C)CC2)n1.